The van der Waals surface area contributed by atoms with Crippen LogP contribution < -0.4 is 25.0 Å². The van der Waals surface area contributed by atoms with Crippen LogP contribution in [0.3, 0.4) is 0 Å². The van der Waals surface area contributed by atoms with Gasteiger partial charge < -0.3 is 25.0 Å². The molecule has 9 heteroatoms. The third-order valence-corrected chi connectivity index (χ3v) is 5.80. The number of hydrogen-bond acceptors (Lipinski definition) is 6. The first-order chi connectivity index (χ1) is 16.2. The molecule has 4 rings (SSSR count). The number of nitrogens with one attached hydrogen (secondary N) is 2. The van der Waals surface area contributed by atoms with Gasteiger partial charge in [-0.25, -0.2) is 9.97 Å². The lowest BCUT2D eigenvalue weighted by atomic mass is 10.0. The Labute approximate surface area is 194 Å². The van der Waals surface area contributed by atoms with Gasteiger partial charge in [-0.3, -0.25) is 9.56 Å². The van der Waals surface area contributed by atoms with Crippen LogP contribution in [0.15, 0.2) is 60.2 Å². The van der Waals surface area contributed by atoms with Crippen molar-refractivity contribution in [2.24, 2.45) is 4.99 Å². The molecule has 1 aromatic carbocycles. The minimum atomic E-state index is 0.360. The fourth-order valence-electron chi connectivity index (χ4n) is 3.94. The third kappa shape index (κ3) is 5.74. The number of nitrogens with zero attached hydrogens (tertiary/aromatic N) is 5. The molecule has 0 atom stereocenters. The van der Waals surface area contributed by atoms with E-state index in [4.69, 9.17) is 9.47 Å². The summed E-state index contributed by atoms with van der Waals surface area (Å²) in [7, 11) is 5.16. The highest BCUT2D eigenvalue weighted by molar-refractivity contribution is 5.80. The van der Waals surface area contributed by atoms with Crippen LogP contribution in [0.25, 0.3) is 5.82 Å². The van der Waals surface area contributed by atoms with Crippen molar-refractivity contribution in [3.8, 4) is 17.3 Å². The Morgan fingerprint density at radius 2 is 1.85 bits per heavy atom. The van der Waals surface area contributed by atoms with E-state index in [0.29, 0.717) is 12.6 Å². The average Bonchev–Trinajstić information content (AvgIpc) is 3.42. The van der Waals surface area contributed by atoms with Gasteiger partial charge in [0.05, 0.1) is 14.2 Å². The summed E-state index contributed by atoms with van der Waals surface area (Å²) in [6, 6.07) is 10.4. The van der Waals surface area contributed by atoms with E-state index in [0.717, 1.165) is 60.5 Å². The summed E-state index contributed by atoms with van der Waals surface area (Å²) in [5.74, 6) is 3.26. The zero-order valence-corrected chi connectivity index (χ0v) is 19.4. The number of piperidine rings is 1. The van der Waals surface area contributed by atoms with E-state index in [-0.39, 0.29) is 0 Å². The molecule has 3 heterocycles. The maximum absolute atomic E-state index is 5.42. The van der Waals surface area contributed by atoms with Crippen LogP contribution in [0.1, 0.15) is 18.4 Å². The Hall–Kier alpha value is -3.75. The zero-order valence-electron chi connectivity index (χ0n) is 19.4. The van der Waals surface area contributed by atoms with Crippen molar-refractivity contribution in [1.82, 2.24) is 25.2 Å². The van der Waals surface area contributed by atoms with Gasteiger partial charge in [0.25, 0.3) is 0 Å². The van der Waals surface area contributed by atoms with Crippen LogP contribution in [0.5, 0.6) is 11.5 Å². The Morgan fingerprint density at radius 3 is 2.48 bits per heavy atom. The van der Waals surface area contributed by atoms with Crippen LogP contribution in [-0.4, -0.2) is 60.9 Å². The van der Waals surface area contributed by atoms with E-state index in [9.17, 15) is 0 Å². The number of hydrogen-bond donors (Lipinski definition) is 2. The molecule has 0 unspecified atom stereocenters. The van der Waals surface area contributed by atoms with Crippen molar-refractivity contribution >= 4 is 11.6 Å². The first-order valence-electron chi connectivity index (χ1n) is 11.1. The second-order valence-corrected chi connectivity index (χ2v) is 7.89. The molecule has 33 heavy (non-hydrogen) atoms. The molecule has 2 aromatic heterocycles. The van der Waals surface area contributed by atoms with E-state index in [1.165, 1.54) is 0 Å². The summed E-state index contributed by atoms with van der Waals surface area (Å²) in [6.07, 6.45) is 9.21. The van der Waals surface area contributed by atoms with Crippen LogP contribution in [0, 0.1) is 0 Å². The molecule has 0 aliphatic carbocycles. The maximum atomic E-state index is 5.42. The molecule has 1 saturated heterocycles. The smallest absolute Gasteiger partial charge is 0.191 e. The van der Waals surface area contributed by atoms with Crippen LogP contribution >= 0.6 is 0 Å². The van der Waals surface area contributed by atoms with Crippen molar-refractivity contribution in [3.63, 3.8) is 0 Å². The molecule has 0 radical (unpaired) electrons. The summed E-state index contributed by atoms with van der Waals surface area (Å²) in [6.45, 7) is 2.56. The molecule has 1 aliphatic heterocycles. The van der Waals surface area contributed by atoms with Crippen molar-refractivity contribution in [2.45, 2.75) is 25.4 Å². The van der Waals surface area contributed by atoms with Crippen molar-refractivity contribution in [2.75, 3.05) is 39.3 Å². The predicted molar refractivity (Wildman–Crippen MR) is 129 cm³/mol. The van der Waals surface area contributed by atoms with Gasteiger partial charge in [0.2, 0.25) is 0 Å². The van der Waals surface area contributed by atoms with Gasteiger partial charge in [-0.05, 0) is 30.5 Å². The molecule has 3 aromatic rings. The number of benzene rings is 1. The van der Waals surface area contributed by atoms with Gasteiger partial charge in [0, 0.05) is 75.2 Å². The molecule has 1 aliphatic rings. The van der Waals surface area contributed by atoms with Gasteiger partial charge in [-0.2, -0.15) is 0 Å². The minimum Gasteiger partial charge on any atom is -0.497 e. The van der Waals surface area contributed by atoms with Crippen molar-refractivity contribution < 1.29 is 9.47 Å². The Balaban J connectivity index is 1.30. The number of aliphatic imine (C=N–C) groups is 1. The maximum Gasteiger partial charge on any atom is 0.191 e. The van der Waals surface area contributed by atoms with E-state index in [2.05, 4.69) is 42.6 Å². The van der Waals surface area contributed by atoms with Gasteiger partial charge >= 0.3 is 0 Å². The molecule has 0 bridgehead atoms. The summed E-state index contributed by atoms with van der Waals surface area (Å²) in [5, 5.41) is 6.99. The molecular formula is C24H31N7O2. The van der Waals surface area contributed by atoms with Crippen LogP contribution in [0.4, 0.5) is 5.69 Å². The van der Waals surface area contributed by atoms with E-state index < -0.39 is 0 Å². The Bertz CT molecular complexity index is 1040. The summed E-state index contributed by atoms with van der Waals surface area (Å²) >= 11 is 0. The number of ether oxygens (including phenoxy) is 2. The summed E-state index contributed by atoms with van der Waals surface area (Å²) in [4.78, 5) is 15.3. The van der Waals surface area contributed by atoms with Crippen LogP contribution in [0.2, 0.25) is 0 Å². The Kier molecular flexibility index (Phi) is 7.29. The predicted octanol–water partition coefficient (Wildman–Crippen LogP) is 2.62. The zero-order chi connectivity index (χ0) is 23.0. The van der Waals surface area contributed by atoms with Gasteiger partial charge in [-0.15, -0.1) is 0 Å². The average molecular weight is 450 g/mol. The van der Waals surface area contributed by atoms with Gasteiger partial charge in [0.15, 0.2) is 5.96 Å². The normalized spacial score (nSPS) is 14.8. The largest absolute Gasteiger partial charge is 0.497 e. The number of anilines is 1. The molecule has 0 spiro atoms. The second-order valence-electron chi connectivity index (χ2n) is 7.89. The fourth-order valence-corrected chi connectivity index (χ4v) is 3.94. The molecule has 0 saturated carbocycles. The van der Waals surface area contributed by atoms with Crippen molar-refractivity contribution in [3.05, 3.63) is 60.8 Å². The topological polar surface area (TPSA) is 88.8 Å². The Morgan fingerprint density at radius 1 is 1.09 bits per heavy atom. The van der Waals surface area contributed by atoms with Gasteiger partial charge in [0.1, 0.15) is 23.6 Å². The standard InChI is InChI=1S/C24H31N7O2/c1-25-24(28-16-18-4-7-27-23(12-18)31-11-8-26-17-31)29-19-5-9-30(10-6-19)20-13-21(32-2)15-22(14-20)33-3/h4,7-8,11-15,17,19H,5-6,9-10,16H2,1-3H3,(H2,25,28,29). The number of rotatable bonds is 7. The van der Waals surface area contributed by atoms with Gasteiger partial charge in [-0.1, -0.05) is 0 Å². The second kappa shape index (κ2) is 10.7. The SMILES string of the molecule is CN=C(NCc1ccnc(-n2ccnc2)c1)NC1CCN(c2cc(OC)cc(OC)c2)CC1. The molecule has 174 valence electrons. The van der Waals surface area contributed by atoms with E-state index in [1.807, 2.05) is 35.2 Å². The van der Waals surface area contributed by atoms with Crippen LogP contribution in [-0.2, 0) is 6.54 Å². The summed E-state index contributed by atoms with van der Waals surface area (Å²) in [5.41, 5.74) is 2.25. The first kappa shape index (κ1) is 22.4. The highest BCUT2D eigenvalue weighted by Crippen LogP contribution is 2.30. The molecule has 0 amide bonds. The lowest BCUT2D eigenvalue weighted by Gasteiger charge is -2.34. The number of methoxy groups -OCH3 is 2. The number of aromatic nitrogens is 3. The van der Waals surface area contributed by atoms with E-state index >= 15 is 0 Å². The minimum absolute atomic E-state index is 0.360. The number of guanidine groups is 1. The number of imidazole rings is 1. The number of pyridine rings is 1. The third-order valence-electron chi connectivity index (χ3n) is 5.80. The molecular weight excluding hydrogens is 418 g/mol. The lowest BCUT2D eigenvalue weighted by Crippen LogP contribution is -2.48. The highest BCUT2D eigenvalue weighted by Gasteiger charge is 2.21. The monoisotopic (exact) mass is 449 g/mol. The molecule has 1 fully saturated rings. The highest BCUT2D eigenvalue weighted by atomic mass is 16.5. The molecule has 9 nitrogen and oxygen atoms in total. The van der Waals surface area contributed by atoms with E-state index in [1.54, 1.807) is 33.8 Å². The van der Waals surface area contributed by atoms with Crippen molar-refractivity contribution in [1.29, 1.82) is 0 Å². The summed E-state index contributed by atoms with van der Waals surface area (Å²) < 4.78 is 12.7. The fraction of sp³-hybridized carbons (Fsp3) is 0.375. The molecule has 2 N–H and O–H groups in total. The quantitative estimate of drug-likeness (QED) is 0.423. The first-order valence-corrected chi connectivity index (χ1v) is 11.1. The lowest BCUT2D eigenvalue weighted by molar-refractivity contribution is 0.393.